The first-order chi connectivity index (χ1) is 7.16. The lowest BCUT2D eigenvalue weighted by molar-refractivity contribution is 0.685. The van der Waals surface area contributed by atoms with Gasteiger partial charge in [-0.3, -0.25) is 4.31 Å². The van der Waals surface area contributed by atoms with Crippen LogP contribution < -0.4 is 4.31 Å². The van der Waals surface area contributed by atoms with Gasteiger partial charge in [0.15, 0.2) is 0 Å². The molecule has 0 aromatic heterocycles. The molecule has 1 unspecified atom stereocenters. The molecule has 0 heterocycles. The normalized spacial score (nSPS) is 11.3. The van der Waals surface area contributed by atoms with E-state index in [4.69, 9.17) is 0 Å². The highest BCUT2D eigenvalue weighted by Crippen LogP contribution is 2.20. The second-order valence-electron chi connectivity index (χ2n) is 2.90. The van der Waals surface area contributed by atoms with Gasteiger partial charge >= 0.3 is 0 Å². The maximum atomic E-state index is 11.2. The lowest BCUT2D eigenvalue weighted by Crippen LogP contribution is -2.19. The average molecular weight is 227 g/mol. The van der Waals surface area contributed by atoms with Crippen molar-refractivity contribution in [1.29, 1.82) is 0 Å². The molecule has 0 saturated heterocycles. The first-order valence-electron chi connectivity index (χ1n) is 5.32. The zero-order chi connectivity index (χ0) is 11.8. The van der Waals surface area contributed by atoms with Crippen LogP contribution in [0.2, 0.25) is 0 Å². The Labute approximate surface area is 95.9 Å². The molecule has 3 heteroatoms. The molecule has 1 aromatic rings. The van der Waals surface area contributed by atoms with Crippen molar-refractivity contribution in [1.82, 2.24) is 0 Å². The summed E-state index contributed by atoms with van der Waals surface area (Å²) in [6.07, 6.45) is 2.66. The van der Waals surface area contributed by atoms with Crippen molar-refractivity contribution < 1.29 is 4.21 Å². The van der Waals surface area contributed by atoms with Crippen LogP contribution in [0.15, 0.2) is 24.3 Å². The van der Waals surface area contributed by atoms with Crippen molar-refractivity contribution in [3.05, 3.63) is 29.8 Å². The second kappa shape index (κ2) is 7.46. The molecule has 86 valence electrons. The number of para-hydroxylation sites is 1. The van der Waals surface area contributed by atoms with E-state index in [2.05, 4.69) is 13.0 Å². The fourth-order valence-electron chi connectivity index (χ4n) is 1.26. The van der Waals surface area contributed by atoms with E-state index >= 15 is 0 Å². The number of benzene rings is 1. The van der Waals surface area contributed by atoms with Crippen molar-refractivity contribution in [2.75, 3.05) is 17.6 Å². The Morgan fingerprint density at radius 3 is 2.27 bits per heavy atom. The number of rotatable bonds is 3. The van der Waals surface area contributed by atoms with Crippen molar-refractivity contribution in [3.8, 4) is 0 Å². The summed E-state index contributed by atoms with van der Waals surface area (Å²) in [5, 5.41) is 0. The van der Waals surface area contributed by atoms with Gasteiger partial charge in [0.05, 0.1) is 5.69 Å². The minimum absolute atomic E-state index is 0.940. The van der Waals surface area contributed by atoms with Gasteiger partial charge in [0, 0.05) is 13.3 Å². The predicted octanol–water partition coefficient (Wildman–Crippen LogP) is 3.00. The predicted molar refractivity (Wildman–Crippen MR) is 69.6 cm³/mol. The molecule has 0 aliphatic heterocycles. The van der Waals surface area contributed by atoms with Crippen LogP contribution in [0, 0.1) is 0 Å². The standard InChI is InChI=1S/C10H15NOS.C2H6/c1-4-9-7-5-6-8-10(9)11(2)13(3)12;1-2/h5-8H,4H2,1-3H3;1-2H3. The topological polar surface area (TPSA) is 20.3 Å². The van der Waals surface area contributed by atoms with Crippen molar-refractivity contribution in [2.45, 2.75) is 27.2 Å². The largest absolute Gasteiger partial charge is 0.295 e. The van der Waals surface area contributed by atoms with E-state index in [9.17, 15) is 4.21 Å². The van der Waals surface area contributed by atoms with Gasteiger partial charge in [0.25, 0.3) is 0 Å². The smallest absolute Gasteiger partial charge is 0.116 e. The van der Waals surface area contributed by atoms with Crippen LogP contribution in [0.5, 0.6) is 0 Å². The summed E-state index contributed by atoms with van der Waals surface area (Å²) in [7, 11) is 0.912. The molecule has 1 atom stereocenters. The van der Waals surface area contributed by atoms with Crippen molar-refractivity contribution in [2.24, 2.45) is 0 Å². The Kier molecular flexibility index (Phi) is 7.05. The van der Waals surface area contributed by atoms with Gasteiger partial charge in [-0.05, 0) is 18.1 Å². The highest BCUT2D eigenvalue weighted by Gasteiger charge is 2.07. The van der Waals surface area contributed by atoms with Gasteiger partial charge in [-0.25, -0.2) is 4.21 Å². The molecule has 15 heavy (non-hydrogen) atoms. The molecule has 0 aliphatic carbocycles. The van der Waals surface area contributed by atoms with Crippen molar-refractivity contribution >= 4 is 16.7 Å². The fraction of sp³-hybridized carbons (Fsp3) is 0.500. The van der Waals surface area contributed by atoms with E-state index in [1.165, 1.54) is 5.56 Å². The van der Waals surface area contributed by atoms with Crippen LogP contribution in [0.3, 0.4) is 0 Å². The van der Waals surface area contributed by atoms with Crippen LogP contribution >= 0.6 is 0 Å². The van der Waals surface area contributed by atoms with Crippen molar-refractivity contribution in [3.63, 3.8) is 0 Å². The van der Waals surface area contributed by atoms with E-state index in [1.54, 1.807) is 10.6 Å². The Balaban J connectivity index is 0.000000921. The van der Waals surface area contributed by atoms with E-state index in [0.717, 1.165) is 12.1 Å². The SMILES string of the molecule is CC.CCc1ccccc1N(C)S(C)=O. The summed E-state index contributed by atoms with van der Waals surface area (Å²) < 4.78 is 13.0. The van der Waals surface area contributed by atoms with Crippen LogP contribution in [-0.2, 0) is 17.4 Å². The fourth-order valence-corrected chi connectivity index (χ4v) is 1.71. The Bertz CT molecular complexity index is 312. The molecule has 0 radical (unpaired) electrons. The summed E-state index contributed by atoms with van der Waals surface area (Å²) in [6.45, 7) is 6.10. The number of anilines is 1. The molecule has 0 spiro atoms. The minimum atomic E-state index is -0.940. The van der Waals surface area contributed by atoms with Crippen LogP contribution in [-0.4, -0.2) is 17.5 Å². The molecular formula is C12H21NOS. The molecule has 2 nitrogen and oxygen atoms in total. The molecular weight excluding hydrogens is 206 g/mol. The highest BCUT2D eigenvalue weighted by molar-refractivity contribution is 7.85. The van der Waals surface area contributed by atoms with Gasteiger partial charge in [-0.15, -0.1) is 0 Å². The van der Waals surface area contributed by atoms with Gasteiger partial charge in [0.1, 0.15) is 11.0 Å². The number of nitrogens with zero attached hydrogens (tertiary/aromatic N) is 1. The number of aryl methyl sites for hydroxylation is 1. The van der Waals surface area contributed by atoms with E-state index < -0.39 is 11.0 Å². The van der Waals surface area contributed by atoms with Gasteiger partial charge in [-0.2, -0.15) is 0 Å². The van der Waals surface area contributed by atoms with Gasteiger partial charge < -0.3 is 0 Å². The molecule has 0 saturated carbocycles. The Morgan fingerprint density at radius 2 is 1.80 bits per heavy atom. The second-order valence-corrected chi connectivity index (χ2v) is 4.30. The zero-order valence-electron chi connectivity index (χ0n) is 10.3. The third-order valence-electron chi connectivity index (χ3n) is 2.10. The molecule has 0 N–H and O–H groups in total. The van der Waals surface area contributed by atoms with E-state index in [-0.39, 0.29) is 0 Å². The lowest BCUT2D eigenvalue weighted by atomic mass is 10.1. The van der Waals surface area contributed by atoms with E-state index in [0.29, 0.717) is 0 Å². The number of hydrogen-bond acceptors (Lipinski definition) is 1. The average Bonchev–Trinajstić information content (AvgIpc) is 2.30. The molecule has 1 aromatic carbocycles. The molecule has 0 fully saturated rings. The van der Waals surface area contributed by atoms with Gasteiger partial charge in [0.2, 0.25) is 0 Å². The van der Waals surface area contributed by atoms with Crippen LogP contribution in [0.1, 0.15) is 26.3 Å². The summed E-state index contributed by atoms with van der Waals surface area (Å²) in [6, 6.07) is 8.05. The summed E-state index contributed by atoms with van der Waals surface area (Å²) in [5.74, 6) is 0. The monoisotopic (exact) mass is 227 g/mol. The van der Waals surface area contributed by atoms with E-state index in [1.807, 2.05) is 39.1 Å². The van der Waals surface area contributed by atoms with Crippen LogP contribution in [0.4, 0.5) is 5.69 Å². The Hall–Kier alpha value is -0.830. The third kappa shape index (κ3) is 4.04. The lowest BCUT2D eigenvalue weighted by Gasteiger charge is -2.18. The minimum Gasteiger partial charge on any atom is -0.295 e. The first kappa shape index (κ1) is 14.2. The molecule has 0 amide bonds. The third-order valence-corrected chi connectivity index (χ3v) is 3.07. The summed E-state index contributed by atoms with van der Waals surface area (Å²) in [5.41, 5.74) is 2.30. The zero-order valence-corrected chi connectivity index (χ0v) is 11.1. The molecule has 0 aliphatic rings. The first-order valence-corrected chi connectivity index (χ1v) is 6.83. The summed E-state index contributed by atoms with van der Waals surface area (Å²) in [4.78, 5) is 0. The molecule has 0 bridgehead atoms. The molecule has 1 rings (SSSR count). The highest BCUT2D eigenvalue weighted by atomic mass is 32.2. The summed E-state index contributed by atoms with van der Waals surface area (Å²) >= 11 is 0. The number of hydrogen-bond donors (Lipinski definition) is 0. The maximum absolute atomic E-state index is 11.2. The quantitative estimate of drug-likeness (QED) is 0.777. The van der Waals surface area contributed by atoms with Crippen LogP contribution in [0.25, 0.3) is 0 Å². The Morgan fingerprint density at radius 1 is 1.27 bits per heavy atom. The maximum Gasteiger partial charge on any atom is 0.116 e. The van der Waals surface area contributed by atoms with Gasteiger partial charge in [-0.1, -0.05) is 39.0 Å².